The first kappa shape index (κ1) is 14.5. The summed E-state index contributed by atoms with van der Waals surface area (Å²) in [6, 6.07) is 11.8. The van der Waals surface area contributed by atoms with Gasteiger partial charge in [-0.3, -0.25) is 9.59 Å². The number of hydrogen-bond donors (Lipinski definition) is 2. The Morgan fingerprint density at radius 3 is 2.48 bits per heavy atom. The Labute approximate surface area is 120 Å². The van der Waals surface area contributed by atoms with Crippen LogP contribution >= 0.6 is 0 Å². The monoisotopic (exact) mass is 288 g/mol. The Morgan fingerprint density at radius 2 is 1.86 bits per heavy atom. The zero-order chi connectivity index (χ0) is 15.2. The fraction of sp³-hybridized carbons (Fsp3) is 0.0667. The van der Waals surface area contributed by atoms with E-state index in [4.69, 9.17) is 10.5 Å². The first-order valence-corrected chi connectivity index (χ1v) is 6.12. The molecule has 0 aliphatic heterocycles. The number of nitrogens with one attached hydrogen (secondary N) is 1. The molecule has 0 heterocycles. The molecule has 108 valence electrons. The van der Waals surface area contributed by atoms with Crippen LogP contribution in [0.15, 0.2) is 48.5 Å². The Kier molecular flexibility index (Phi) is 4.50. The molecule has 2 aromatic carbocycles. The average Bonchev–Trinajstić information content (AvgIpc) is 2.46. The minimum Gasteiger partial charge on any atom is -0.484 e. The summed E-state index contributed by atoms with van der Waals surface area (Å²) >= 11 is 0. The van der Waals surface area contributed by atoms with Crippen LogP contribution in [0.5, 0.6) is 5.75 Å². The van der Waals surface area contributed by atoms with Gasteiger partial charge in [0.1, 0.15) is 11.6 Å². The third-order valence-electron chi connectivity index (χ3n) is 2.58. The molecule has 0 unspecified atom stereocenters. The standard InChI is InChI=1S/C15H13FN2O3/c16-11-3-1-2-10(8-11)15(20)18-12-4-6-13(7-5-12)21-9-14(17)19/h1-8H,9H2,(H2,17,19)(H,18,20). The van der Waals surface area contributed by atoms with Gasteiger partial charge in [-0.15, -0.1) is 0 Å². The number of nitrogens with two attached hydrogens (primary N) is 1. The van der Waals surface area contributed by atoms with E-state index in [0.717, 1.165) is 6.07 Å². The first-order valence-electron chi connectivity index (χ1n) is 6.12. The lowest BCUT2D eigenvalue weighted by molar-refractivity contribution is -0.119. The molecule has 0 aliphatic carbocycles. The van der Waals surface area contributed by atoms with Crippen molar-refractivity contribution in [3.05, 3.63) is 59.9 Å². The predicted molar refractivity (Wildman–Crippen MR) is 75.5 cm³/mol. The van der Waals surface area contributed by atoms with E-state index in [1.54, 1.807) is 24.3 Å². The molecule has 0 atom stereocenters. The maximum absolute atomic E-state index is 13.0. The molecule has 6 heteroatoms. The van der Waals surface area contributed by atoms with Crippen LogP contribution in [0.4, 0.5) is 10.1 Å². The van der Waals surface area contributed by atoms with Crippen LogP contribution in [0.25, 0.3) is 0 Å². The topological polar surface area (TPSA) is 81.4 Å². The quantitative estimate of drug-likeness (QED) is 0.882. The largest absolute Gasteiger partial charge is 0.484 e. The van der Waals surface area contributed by atoms with Crippen LogP contribution in [-0.2, 0) is 4.79 Å². The van der Waals surface area contributed by atoms with Gasteiger partial charge in [-0.25, -0.2) is 4.39 Å². The van der Waals surface area contributed by atoms with E-state index in [2.05, 4.69) is 5.32 Å². The van der Waals surface area contributed by atoms with E-state index in [9.17, 15) is 14.0 Å². The van der Waals surface area contributed by atoms with Gasteiger partial charge in [-0.2, -0.15) is 0 Å². The Hall–Kier alpha value is -2.89. The number of carbonyl (C=O) groups excluding carboxylic acids is 2. The van der Waals surface area contributed by atoms with Gasteiger partial charge in [0.05, 0.1) is 0 Å². The number of amides is 2. The highest BCUT2D eigenvalue weighted by Crippen LogP contribution is 2.16. The second kappa shape index (κ2) is 6.51. The molecular weight excluding hydrogens is 275 g/mol. The smallest absolute Gasteiger partial charge is 0.255 e. The SMILES string of the molecule is NC(=O)COc1ccc(NC(=O)c2cccc(F)c2)cc1. The van der Waals surface area contributed by atoms with Gasteiger partial charge >= 0.3 is 0 Å². The third kappa shape index (κ3) is 4.31. The molecule has 21 heavy (non-hydrogen) atoms. The lowest BCUT2D eigenvalue weighted by atomic mass is 10.2. The van der Waals surface area contributed by atoms with E-state index in [1.165, 1.54) is 18.2 Å². The molecule has 0 saturated heterocycles. The Morgan fingerprint density at radius 1 is 1.14 bits per heavy atom. The number of halogens is 1. The molecule has 0 aromatic heterocycles. The highest BCUT2D eigenvalue weighted by atomic mass is 19.1. The minimum atomic E-state index is -0.571. The molecule has 2 aromatic rings. The summed E-state index contributed by atoms with van der Waals surface area (Å²) in [6.07, 6.45) is 0. The number of anilines is 1. The van der Waals surface area contributed by atoms with Crippen molar-refractivity contribution in [2.75, 3.05) is 11.9 Å². The Balaban J connectivity index is 2.00. The van der Waals surface area contributed by atoms with Crippen LogP contribution < -0.4 is 15.8 Å². The van der Waals surface area contributed by atoms with Crippen LogP contribution in [0.3, 0.4) is 0 Å². The number of primary amides is 1. The predicted octanol–water partition coefficient (Wildman–Crippen LogP) is 1.94. The molecule has 0 aliphatic rings. The van der Waals surface area contributed by atoms with Crippen LogP contribution in [-0.4, -0.2) is 18.4 Å². The van der Waals surface area contributed by atoms with E-state index < -0.39 is 17.6 Å². The van der Waals surface area contributed by atoms with Crippen molar-refractivity contribution < 1.29 is 18.7 Å². The summed E-state index contributed by atoms with van der Waals surface area (Å²) in [6.45, 7) is -0.213. The number of benzene rings is 2. The van der Waals surface area contributed by atoms with Crippen molar-refractivity contribution in [3.63, 3.8) is 0 Å². The van der Waals surface area contributed by atoms with E-state index >= 15 is 0 Å². The molecule has 2 amide bonds. The second-order valence-corrected chi connectivity index (χ2v) is 4.24. The van der Waals surface area contributed by atoms with Gasteiger partial charge < -0.3 is 15.8 Å². The average molecular weight is 288 g/mol. The summed E-state index contributed by atoms with van der Waals surface area (Å²) in [5.74, 6) is -1.01. The van der Waals surface area contributed by atoms with Crippen LogP contribution in [0, 0.1) is 5.82 Å². The summed E-state index contributed by atoms with van der Waals surface area (Å²) in [4.78, 5) is 22.5. The first-order chi connectivity index (χ1) is 10.0. The van der Waals surface area contributed by atoms with Gasteiger partial charge in [-0.05, 0) is 42.5 Å². The number of hydrogen-bond acceptors (Lipinski definition) is 3. The van der Waals surface area contributed by atoms with Gasteiger partial charge in [-0.1, -0.05) is 6.07 Å². The van der Waals surface area contributed by atoms with E-state index in [-0.39, 0.29) is 12.2 Å². The summed E-state index contributed by atoms with van der Waals surface area (Å²) in [5, 5.41) is 2.62. The van der Waals surface area contributed by atoms with Crippen LogP contribution in [0.2, 0.25) is 0 Å². The zero-order valence-corrected chi connectivity index (χ0v) is 11.0. The molecule has 5 nitrogen and oxygen atoms in total. The fourth-order valence-electron chi connectivity index (χ4n) is 1.62. The van der Waals surface area contributed by atoms with Crippen molar-refractivity contribution in [2.24, 2.45) is 5.73 Å². The normalized spacial score (nSPS) is 9.95. The summed E-state index contributed by atoms with van der Waals surface area (Å²) in [7, 11) is 0. The minimum absolute atomic E-state index is 0.213. The van der Waals surface area contributed by atoms with Gasteiger partial charge in [0, 0.05) is 11.3 Å². The van der Waals surface area contributed by atoms with E-state index in [0.29, 0.717) is 11.4 Å². The maximum Gasteiger partial charge on any atom is 0.255 e. The third-order valence-corrected chi connectivity index (χ3v) is 2.58. The summed E-state index contributed by atoms with van der Waals surface area (Å²) in [5.41, 5.74) is 5.71. The molecule has 0 fully saturated rings. The summed E-state index contributed by atoms with van der Waals surface area (Å²) < 4.78 is 18.1. The lowest BCUT2D eigenvalue weighted by Crippen LogP contribution is -2.20. The molecule has 0 saturated carbocycles. The fourth-order valence-corrected chi connectivity index (χ4v) is 1.62. The molecule has 2 rings (SSSR count). The zero-order valence-electron chi connectivity index (χ0n) is 11.0. The highest BCUT2D eigenvalue weighted by Gasteiger charge is 2.07. The molecule has 0 radical (unpaired) electrons. The van der Waals surface area contributed by atoms with Crippen molar-refractivity contribution in [2.45, 2.75) is 0 Å². The van der Waals surface area contributed by atoms with Gasteiger partial charge in [0.2, 0.25) is 0 Å². The Bertz CT molecular complexity index is 656. The second-order valence-electron chi connectivity index (χ2n) is 4.24. The molecular formula is C15H13FN2O3. The van der Waals surface area contributed by atoms with Crippen LogP contribution in [0.1, 0.15) is 10.4 Å². The van der Waals surface area contributed by atoms with Crippen molar-refractivity contribution in [1.82, 2.24) is 0 Å². The van der Waals surface area contributed by atoms with Gasteiger partial charge in [0.25, 0.3) is 11.8 Å². The van der Waals surface area contributed by atoms with Crippen molar-refractivity contribution in [3.8, 4) is 5.75 Å². The van der Waals surface area contributed by atoms with Crippen molar-refractivity contribution >= 4 is 17.5 Å². The highest BCUT2D eigenvalue weighted by molar-refractivity contribution is 6.04. The number of ether oxygens (including phenoxy) is 1. The van der Waals surface area contributed by atoms with E-state index in [1.807, 2.05) is 0 Å². The molecule has 3 N–H and O–H groups in total. The molecule has 0 bridgehead atoms. The lowest BCUT2D eigenvalue weighted by Gasteiger charge is -2.07. The number of carbonyl (C=O) groups is 2. The van der Waals surface area contributed by atoms with Gasteiger partial charge in [0.15, 0.2) is 6.61 Å². The number of rotatable bonds is 5. The molecule has 0 spiro atoms. The van der Waals surface area contributed by atoms with Crippen molar-refractivity contribution in [1.29, 1.82) is 0 Å². The maximum atomic E-state index is 13.0.